The zero-order chi connectivity index (χ0) is 21.1. The number of hydrogen-bond donors (Lipinski definition) is 1. The molecule has 0 saturated carbocycles. The van der Waals surface area contributed by atoms with Crippen LogP contribution in [0.25, 0.3) is 11.0 Å². The molecule has 1 saturated heterocycles. The summed E-state index contributed by atoms with van der Waals surface area (Å²) in [6.07, 6.45) is 2.05. The highest BCUT2D eigenvalue weighted by Crippen LogP contribution is 2.26. The molecule has 3 aromatic rings. The molecule has 0 unspecified atom stereocenters. The first kappa shape index (κ1) is 20.2. The second-order valence-electron chi connectivity index (χ2n) is 7.52. The van der Waals surface area contributed by atoms with Gasteiger partial charge in [-0.05, 0) is 56.0 Å². The number of nitrogens with one attached hydrogen (secondary N) is 1. The molecular weight excluding hydrogens is 380 g/mol. The lowest BCUT2D eigenvalue weighted by Gasteiger charge is -2.12. The molecule has 1 aliphatic heterocycles. The zero-order valence-electron chi connectivity index (χ0n) is 17.5. The van der Waals surface area contributed by atoms with Crippen molar-refractivity contribution < 1.29 is 18.7 Å². The van der Waals surface area contributed by atoms with Crippen LogP contribution < -0.4 is 15.6 Å². The van der Waals surface area contributed by atoms with Crippen LogP contribution >= 0.6 is 0 Å². The number of carbonyl (C=O) groups excluding carboxylic acids is 1. The summed E-state index contributed by atoms with van der Waals surface area (Å²) in [5, 5.41) is 3.75. The summed E-state index contributed by atoms with van der Waals surface area (Å²) < 4.78 is 17.2. The number of hydrogen-bond acceptors (Lipinski definition) is 5. The lowest BCUT2D eigenvalue weighted by atomic mass is 10.1. The molecule has 2 heterocycles. The van der Waals surface area contributed by atoms with Gasteiger partial charge in [0.25, 0.3) is 5.91 Å². The zero-order valence-corrected chi connectivity index (χ0v) is 17.5. The molecule has 1 aliphatic rings. The van der Waals surface area contributed by atoms with E-state index in [0.29, 0.717) is 23.4 Å². The summed E-state index contributed by atoms with van der Waals surface area (Å²) in [6, 6.07) is 13.3. The highest BCUT2D eigenvalue weighted by atomic mass is 16.5. The van der Waals surface area contributed by atoms with Crippen LogP contribution in [0.15, 0.2) is 51.9 Å². The third-order valence-corrected chi connectivity index (χ3v) is 5.52. The van der Waals surface area contributed by atoms with Crippen LogP contribution in [0.4, 0.5) is 5.69 Å². The van der Waals surface area contributed by atoms with Gasteiger partial charge in [0.1, 0.15) is 5.56 Å². The number of carbonyl (C=O) groups is 1. The van der Waals surface area contributed by atoms with E-state index < -0.39 is 0 Å². The number of ether oxygens (including phenoxy) is 2. The molecular formula is C24H26N2O4. The van der Waals surface area contributed by atoms with Gasteiger partial charge in [-0.25, -0.2) is 4.99 Å². The molecule has 0 bridgehead atoms. The van der Waals surface area contributed by atoms with Crippen molar-refractivity contribution in [2.45, 2.75) is 32.8 Å². The Morgan fingerprint density at radius 1 is 1.23 bits per heavy atom. The van der Waals surface area contributed by atoms with Crippen molar-refractivity contribution in [1.29, 1.82) is 0 Å². The summed E-state index contributed by atoms with van der Waals surface area (Å²) in [6.45, 7) is 5.26. The highest BCUT2D eigenvalue weighted by Gasteiger charge is 2.19. The third-order valence-electron chi connectivity index (χ3n) is 5.52. The van der Waals surface area contributed by atoms with Crippen molar-refractivity contribution in [3.63, 3.8) is 0 Å². The predicted molar refractivity (Wildman–Crippen MR) is 115 cm³/mol. The minimum absolute atomic E-state index is 0.0610. The van der Waals surface area contributed by atoms with E-state index in [4.69, 9.17) is 18.9 Å². The highest BCUT2D eigenvalue weighted by molar-refractivity contribution is 5.97. The topological polar surface area (TPSA) is 73.1 Å². The van der Waals surface area contributed by atoms with E-state index in [9.17, 15) is 4.79 Å². The van der Waals surface area contributed by atoms with Gasteiger partial charge in [-0.2, -0.15) is 0 Å². The molecule has 1 fully saturated rings. The maximum atomic E-state index is 13.0. The van der Waals surface area contributed by atoms with Gasteiger partial charge in [0.05, 0.1) is 18.9 Å². The van der Waals surface area contributed by atoms with E-state index in [1.54, 1.807) is 13.2 Å². The van der Waals surface area contributed by atoms with Crippen LogP contribution in [0, 0.1) is 13.8 Å². The lowest BCUT2D eigenvalue weighted by molar-refractivity contribution is 0.0854. The normalized spacial score (nSPS) is 16.8. The Morgan fingerprint density at radius 2 is 2.07 bits per heavy atom. The van der Waals surface area contributed by atoms with Crippen LogP contribution in [0.5, 0.6) is 5.75 Å². The number of para-hydroxylation sites is 1. The van der Waals surface area contributed by atoms with Gasteiger partial charge in [-0.3, -0.25) is 4.79 Å². The second-order valence-corrected chi connectivity index (χ2v) is 7.52. The van der Waals surface area contributed by atoms with Crippen molar-refractivity contribution >= 4 is 22.6 Å². The average molecular weight is 406 g/mol. The van der Waals surface area contributed by atoms with Gasteiger partial charge < -0.3 is 19.2 Å². The molecule has 0 spiro atoms. The van der Waals surface area contributed by atoms with E-state index in [-0.39, 0.29) is 17.6 Å². The molecule has 2 aromatic carbocycles. The number of rotatable bonds is 5. The van der Waals surface area contributed by atoms with Crippen LogP contribution in [-0.4, -0.2) is 32.3 Å². The summed E-state index contributed by atoms with van der Waals surface area (Å²) >= 11 is 0. The van der Waals surface area contributed by atoms with Crippen molar-refractivity contribution in [2.24, 2.45) is 4.99 Å². The first-order chi connectivity index (χ1) is 14.6. The Kier molecular flexibility index (Phi) is 5.86. The first-order valence-corrected chi connectivity index (χ1v) is 10.2. The first-order valence-electron chi connectivity index (χ1n) is 10.2. The molecule has 1 atom stereocenters. The number of fused-ring (bicyclic) bond motifs is 1. The number of nitrogens with zero attached hydrogens (tertiary/aromatic N) is 1. The maximum absolute atomic E-state index is 13.0. The molecule has 6 nitrogen and oxygen atoms in total. The van der Waals surface area contributed by atoms with Crippen molar-refractivity contribution in [2.75, 3.05) is 20.3 Å². The SMILES string of the molecule is COc1cccc2cc(C(=O)NC[C@@H]3CCCO3)c(=Nc3cccc(C)c3C)oc12. The van der Waals surface area contributed by atoms with Crippen molar-refractivity contribution in [1.82, 2.24) is 5.32 Å². The fourth-order valence-corrected chi connectivity index (χ4v) is 3.60. The minimum Gasteiger partial charge on any atom is -0.493 e. The Bertz CT molecular complexity index is 1140. The maximum Gasteiger partial charge on any atom is 0.256 e. The average Bonchev–Trinajstić information content (AvgIpc) is 3.28. The number of methoxy groups -OCH3 is 1. The lowest BCUT2D eigenvalue weighted by Crippen LogP contribution is -2.34. The Labute approximate surface area is 175 Å². The molecule has 6 heteroatoms. The quantitative estimate of drug-likeness (QED) is 0.689. The van der Waals surface area contributed by atoms with E-state index in [1.165, 1.54) is 0 Å². The van der Waals surface area contributed by atoms with E-state index >= 15 is 0 Å². The van der Waals surface area contributed by atoms with Gasteiger partial charge in [0, 0.05) is 18.5 Å². The van der Waals surface area contributed by atoms with Crippen LogP contribution in [0.2, 0.25) is 0 Å². The van der Waals surface area contributed by atoms with E-state index in [1.807, 2.05) is 50.2 Å². The largest absolute Gasteiger partial charge is 0.493 e. The van der Waals surface area contributed by atoms with Gasteiger partial charge in [0.15, 0.2) is 11.3 Å². The smallest absolute Gasteiger partial charge is 0.256 e. The molecule has 1 aromatic heterocycles. The monoisotopic (exact) mass is 406 g/mol. The molecule has 156 valence electrons. The molecule has 0 aliphatic carbocycles. The number of benzene rings is 2. The molecule has 1 N–H and O–H groups in total. The van der Waals surface area contributed by atoms with Gasteiger partial charge >= 0.3 is 0 Å². The molecule has 1 amide bonds. The van der Waals surface area contributed by atoms with Crippen molar-refractivity contribution in [3.05, 3.63) is 64.7 Å². The predicted octanol–water partition coefficient (Wildman–Crippen LogP) is 4.20. The van der Waals surface area contributed by atoms with Crippen molar-refractivity contribution in [3.8, 4) is 5.75 Å². The summed E-state index contributed by atoms with van der Waals surface area (Å²) in [5.41, 5.74) is 4.12. The van der Waals surface area contributed by atoms with Gasteiger partial charge in [-0.1, -0.05) is 24.3 Å². The minimum atomic E-state index is -0.233. The van der Waals surface area contributed by atoms with Gasteiger partial charge in [0.2, 0.25) is 5.55 Å². The Morgan fingerprint density at radius 3 is 2.83 bits per heavy atom. The third kappa shape index (κ3) is 4.09. The molecule has 4 rings (SSSR count). The summed E-state index contributed by atoms with van der Waals surface area (Å²) in [7, 11) is 1.59. The molecule has 30 heavy (non-hydrogen) atoms. The van der Waals surface area contributed by atoms with E-state index in [2.05, 4.69) is 5.32 Å². The molecule has 0 radical (unpaired) electrons. The fourth-order valence-electron chi connectivity index (χ4n) is 3.60. The standard InChI is InChI=1S/C24H26N2O4/c1-15-7-4-10-20(16(15)2)26-24-19(23(27)25-14-18-9-6-12-29-18)13-17-8-5-11-21(28-3)22(17)30-24/h4-5,7-8,10-11,13,18H,6,9,12,14H2,1-3H3,(H,25,27)/t18-/m0/s1. The van der Waals surface area contributed by atoms with E-state index in [0.717, 1.165) is 41.6 Å². The number of aryl methyl sites for hydroxylation is 1. The van der Waals surface area contributed by atoms with Crippen LogP contribution in [-0.2, 0) is 4.74 Å². The summed E-state index contributed by atoms with van der Waals surface area (Å²) in [4.78, 5) is 17.8. The second kappa shape index (κ2) is 8.71. The Hall–Kier alpha value is -3.12. The van der Waals surface area contributed by atoms with Crippen LogP contribution in [0.1, 0.15) is 34.3 Å². The van der Waals surface area contributed by atoms with Gasteiger partial charge in [-0.15, -0.1) is 0 Å². The summed E-state index contributed by atoms with van der Waals surface area (Å²) in [5.74, 6) is 0.360. The number of amides is 1. The van der Waals surface area contributed by atoms with Crippen LogP contribution in [0.3, 0.4) is 0 Å². The Balaban J connectivity index is 1.82. The fraction of sp³-hybridized carbons (Fsp3) is 0.333.